The Hall–Kier alpha value is -0.790. The molecule has 54 valence electrons. The summed E-state index contributed by atoms with van der Waals surface area (Å²) in [6, 6.07) is 0. The van der Waals surface area contributed by atoms with Gasteiger partial charge in [-0.25, -0.2) is 0 Å². The first-order chi connectivity index (χ1) is 4.65. The molecule has 2 rings (SSSR count). The summed E-state index contributed by atoms with van der Waals surface area (Å²) in [5, 5.41) is 0. The number of carbonyl (C=O) groups is 1. The van der Waals surface area contributed by atoms with E-state index in [-0.39, 0.29) is 11.6 Å². The zero-order chi connectivity index (χ0) is 7.35. The van der Waals surface area contributed by atoms with E-state index in [9.17, 15) is 4.79 Å². The lowest BCUT2D eigenvalue weighted by atomic mass is 10.1. The largest absolute Gasteiger partial charge is 0.454 e. The molecule has 1 aliphatic carbocycles. The van der Waals surface area contributed by atoms with Gasteiger partial charge >= 0.3 is 5.97 Å². The molecule has 2 fully saturated rings. The second-order valence-electron chi connectivity index (χ2n) is 3.25. The van der Waals surface area contributed by atoms with Crippen LogP contribution in [0.2, 0.25) is 0 Å². The summed E-state index contributed by atoms with van der Waals surface area (Å²) in [5.74, 6) is 0.400. The van der Waals surface area contributed by atoms with Crippen LogP contribution in [0.1, 0.15) is 19.8 Å². The summed E-state index contributed by atoms with van der Waals surface area (Å²) in [6.45, 7) is 5.74. The Morgan fingerprint density at radius 2 is 2.60 bits per heavy atom. The first kappa shape index (κ1) is 5.96. The number of hydrogen-bond acceptors (Lipinski definition) is 2. The van der Waals surface area contributed by atoms with Crippen molar-refractivity contribution >= 4 is 5.97 Å². The molecule has 0 N–H and O–H groups in total. The van der Waals surface area contributed by atoms with Crippen molar-refractivity contribution in [3.05, 3.63) is 12.2 Å². The summed E-state index contributed by atoms with van der Waals surface area (Å²) in [6.07, 6.45) is 1.61. The Morgan fingerprint density at radius 3 is 2.90 bits per heavy atom. The number of fused-ring (bicyclic) bond motifs is 1. The van der Waals surface area contributed by atoms with E-state index in [1.54, 1.807) is 0 Å². The fraction of sp³-hybridized carbons (Fsp3) is 0.625. The van der Waals surface area contributed by atoms with E-state index in [0.717, 1.165) is 12.0 Å². The van der Waals surface area contributed by atoms with Crippen molar-refractivity contribution in [3.63, 3.8) is 0 Å². The smallest absolute Gasteiger partial charge is 0.307 e. The topological polar surface area (TPSA) is 26.3 Å². The van der Waals surface area contributed by atoms with Crippen molar-refractivity contribution in [3.8, 4) is 0 Å². The molecule has 1 heterocycles. The lowest BCUT2D eigenvalue weighted by molar-refractivity contribution is -0.143. The number of hydrogen-bond donors (Lipinski definition) is 0. The minimum atomic E-state index is -0.211. The van der Waals surface area contributed by atoms with Crippen LogP contribution in [-0.2, 0) is 9.53 Å². The molecule has 2 unspecified atom stereocenters. The second-order valence-corrected chi connectivity index (χ2v) is 3.25. The molecule has 2 nitrogen and oxygen atoms in total. The van der Waals surface area contributed by atoms with Crippen LogP contribution in [0.4, 0.5) is 0 Å². The Kier molecular flexibility index (Phi) is 0.858. The van der Waals surface area contributed by atoms with E-state index in [1.807, 2.05) is 6.92 Å². The average molecular weight is 138 g/mol. The predicted octanol–water partition coefficient (Wildman–Crippen LogP) is 1.27. The van der Waals surface area contributed by atoms with Crippen LogP contribution >= 0.6 is 0 Å². The van der Waals surface area contributed by atoms with Gasteiger partial charge in [-0.2, -0.15) is 0 Å². The molecule has 0 aromatic rings. The molecule has 10 heavy (non-hydrogen) atoms. The standard InChI is InChI=1S/C8H10O2/c1-5(2)8-4-6(8)3-7(9)10-8/h6H,1,3-4H2,2H3. The predicted molar refractivity (Wildman–Crippen MR) is 36.4 cm³/mol. The Morgan fingerprint density at radius 1 is 1.90 bits per heavy atom. The summed E-state index contributed by atoms with van der Waals surface area (Å²) in [4.78, 5) is 10.7. The molecule has 0 aromatic heterocycles. The van der Waals surface area contributed by atoms with Crippen molar-refractivity contribution in [2.75, 3.05) is 0 Å². The van der Waals surface area contributed by atoms with Crippen molar-refractivity contribution in [2.24, 2.45) is 5.92 Å². The van der Waals surface area contributed by atoms with Gasteiger partial charge in [0.05, 0.1) is 6.42 Å². The van der Waals surface area contributed by atoms with E-state index in [2.05, 4.69) is 6.58 Å². The summed E-state index contributed by atoms with van der Waals surface area (Å²) in [7, 11) is 0. The fourth-order valence-electron chi connectivity index (χ4n) is 1.72. The van der Waals surface area contributed by atoms with Crippen LogP contribution in [0.15, 0.2) is 12.2 Å². The second kappa shape index (κ2) is 1.44. The monoisotopic (exact) mass is 138 g/mol. The highest BCUT2D eigenvalue weighted by Crippen LogP contribution is 2.57. The zero-order valence-electron chi connectivity index (χ0n) is 6.02. The Balaban J connectivity index is 2.23. The molecule has 2 heteroatoms. The summed E-state index contributed by atoms with van der Waals surface area (Å²) >= 11 is 0. The van der Waals surface area contributed by atoms with E-state index >= 15 is 0 Å². The highest BCUT2D eigenvalue weighted by Gasteiger charge is 2.63. The highest BCUT2D eigenvalue weighted by atomic mass is 16.6. The molecule has 2 atom stereocenters. The summed E-state index contributed by atoms with van der Waals surface area (Å²) in [5.41, 5.74) is 0.792. The minimum Gasteiger partial charge on any atom is -0.454 e. The van der Waals surface area contributed by atoms with Crippen molar-refractivity contribution in [2.45, 2.75) is 25.4 Å². The molecule has 0 aromatic carbocycles. The minimum absolute atomic E-state index is 0.0562. The molecule has 0 radical (unpaired) electrons. The number of ether oxygens (including phenoxy) is 1. The normalized spacial score (nSPS) is 42.5. The Bertz CT molecular complexity index is 219. The van der Waals surface area contributed by atoms with Gasteiger partial charge < -0.3 is 4.74 Å². The van der Waals surface area contributed by atoms with E-state index in [1.165, 1.54) is 0 Å². The lowest BCUT2D eigenvalue weighted by Gasteiger charge is -2.10. The average Bonchev–Trinajstić information content (AvgIpc) is 2.37. The SMILES string of the molecule is C=C(C)C12CC1CC(=O)O2. The van der Waals surface area contributed by atoms with Crippen LogP contribution < -0.4 is 0 Å². The first-order valence-electron chi connectivity index (χ1n) is 3.53. The third kappa shape index (κ3) is 0.516. The van der Waals surface area contributed by atoms with Crippen LogP contribution in [0.25, 0.3) is 0 Å². The van der Waals surface area contributed by atoms with E-state index < -0.39 is 0 Å². The van der Waals surface area contributed by atoms with E-state index in [0.29, 0.717) is 12.3 Å². The van der Waals surface area contributed by atoms with Crippen molar-refractivity contribution in [1.82, 2.24) is 0 Å². The third-order valence-electron chi connectivity index (χ3n) is 2.48. The van der Waals surface area contributed by atoms with Gasteiger partial charge in [0.15, 0.2) is 0 Å². The molecule has 1 saturated heterocycles. The maximum absolute atomic E-state index is 10.7. The highest BCUT2D eigenvalue weighted by molar-refractivity contribution is 5.76. The third-order valence-corrected chi connectivity index (χ3v) is 2.48. The maximum Gasteiger partial charge on any atom is 0.307 e. The Labute approximate surface area is 59.9 Å². The summed E-state index contributed by atoms with van der Waals surface area (Å²) < 4.78 is 5.15. The number of esters is 1. The number of rotatable bonds is 1. The van der Waals surface area contributed by atoms with Crippen molar-refractivity contribution in [1.29, 1.82) is 0 Å². The van der Waals surface area contributed by atoms with Gasteiger partial charge in [-0.05, 0) is 18.9 Å². The first-order valence-corrected chi connectivity index (χ1v) is 3.53. The van der Waals surface area contributed by atoms with Gasteiger partial charge in [0.1, 0.15) is 5.60 Å². The molecule has 0 spiro atoms. The van der Waals surface area contributed by atoms with Crippen molar-refractivity contribution < 1.29 is 9.53 Å². The van der Waals surface area contributed by atoms with Gasteiger partial charge in [0.25, 0.3) is 0 Å². The van der Waals surface area contributed by atoms with Gasteiger partial charge in [0, 0.05) is 5.92 Å². The molecule has 0 bridgehead atoms. The van der Waals surface area contributed by atoms with Gasteiger partial charge in [-0.3, -0.25) is 4.79 Å². The quantitative estimate of drug-likeness (QED) is 0.403. The van der Waals surface area contributed by atoms with Gasteiger partial charge in [-0.15, -0.1) is 0 Å². The van der Waals surface area contributed by atoms with Crippen LogP contribution in [0, 0.1) is 5.92 Å². The van der Waals surface area contributed by atoms with E-state index in [4.69, 9.17) is 4.74 Å². The fourth-order valence-corrected chi connectivity index (χ4v) is 1.72. The van der Waals surface area contributed by atoms with Gasteiger partial charge in [-0.1, -0.05) is 6.58 Å². The molecule has 1 saturated carbocycles. The molecular formula is C8H10O2. The van der Waals surface area contributed by atoms with Crippen LogP contribution in [-0.4, -0.2) is 11.6 Å². The molecule has 1 aliphatic heterocycles. The van der Waals surface area contributed by atoms with Crippen LogP contribution in [0.5, 0.6) is 0 Å². The van der Waals surface area contributed by atoms with Crippen LogP contribution in [0.3, 0.4) is 0 Å². The lowest BCUT2D eigenvalue weighted by Crippen LogP contribution is -2.14. The molecule has 2 aliphatic rings. The molecule has 0 amide bonds. The molecular weight excluding hydrogens is 128 g/mol. The van der Waals surface area contributed by atoms with Gasteiger partial charge in [0.2, 0.25) is 0 Å². The maximum atomic E-state index is 10.7. The zero-order valence-corrected chi connectivity index (χ0v) is 6.02. The number of carbonyl (C=O) groups excluding carboxylic acids is 1.